The number of aromatic amines is 1. The Labute approximate surface area is 162 Å². The predicted molar refractivity (Wildman–Crippen MR) is 108 cm³/mol. The van der Waals surface area contributed by atoms with Crippen molar-refractivity contribution in [2.75, 3.05) is 20.1 Å². The molecule has 28 heavy (non-hydrogen) atoms. The summed E-state index contributed by atoms with van der Waals surface area (Å²) in [5, 5.41) is 8.35. The Morgan fingerprint density at radius 2 is 2.11 bits per heavy atom. The first-order valence-corrected chi connectivity index (χ1v) is 9.58. The summed E-state index contributed by atoms with van der Waals surface area (Å²) in [6.45, 7) is 2.03. The van der Waals surface area contributed by atoms with Gasteiger partial charge in [-0.1, -0.05) is 0 Å². The van der Waals surface area contributed by atoms with Gasteiger partial charge in [0.25, 0.3) is 5.91 Å². The van der Waals surface area contributed by atoms with Gasteiger partial charge in [0.05, 0.1) is 11.1 Å². The van der Waals surface area contributed by atoms with Crippen LogP contribution >= 0.6 is 0 Å². The van der Waals surface area contributed by atoms with Gasteiger partial charge >= 0.3 is 0 Å². The molecular formula is C21H22N6O. The third-order valence-electron chi connectivity index (χ3n) is 5.56. The lowest BCUT2D eigenvalue weighted by atomic mass is 10.0. The van der Waals surface area contributed by atoms with E-state index in [1.807, 2.05) is 35.1 Å². The lowest BCUT2D eigenvalue weighted by Crippen LogP contribution is -2.43. The van der Waals surface area contributed by atoms with Crippen LogP contribution in [0.4, 0.5) is 0 Å². The van der Waals surface area contributed by atoms with Crippen LogP contribution in [-0.2, 0) is 0 Å². The SMILES string of the molecule is CN1CCC(NC(=O)c2cnc3[nH]cc(-c4ccn5nccc5c4)c3c2)CC1. The summed E-state index contributed by atoms with van der Waals surface area (Å²) >= 11 is 0. The van der Waals surface area contributed by atoms with Crippen LogP contribution in [-0.4, -0.2) is 56.6 Å². The average molecular weight is 374 g/mol. The lowest BCUT2D eigenvalue weighted by Gasteiger charge is -2.29. The highest BCUT2D eigenvalue weighted by Gasteiger charge is 2.20. The van der Waals surface area contributed by atoms with E-state index in [0.29, 0.717) is 5.56 Å². The van der Waals surface area contributed by atoms with Crippen molar-refractivity contribution in [3.8, 4) is 11.1 Å². The van der Waals surface area contributed by atoms with Crippen LogP contribution < -0.4 is 5.32 Å². The number of rotatable bonds is 3. The standard InChI is InChI=1S/C21H22N6O/c1-26-7-4-16(5-8-26)25-21(28)15-11-18-19(13-23-20(18)22-12-15)14-3-9-27-17(10-14)2-6-24-27/h2-3,6,9-13,16H,4-5,7-8H2,1H3,(H,22,23)(H,25,28). The molecule has 4 aromatic rings. The molecule has 5 heterocycles. The summed E-state index contributed by atoms with van der Waals surface area (Å²) in [6.07, 6.45) is 9.28. The Morgan fingerprint density at radius 1 is 1.25 bits per heavy atom. The van der Waals surface area contributed by atoms with Crippen LogP contribution in [0.2, 0.25) is 0 Å². The van der Waals surface area contributed by atoms with Crippen molar-refractivity contribution in [3.05, 3.63) is 54.6 Å². The van der Waals surface area contributed by atoms with E-state index in [1.165, 1.54) is 0 Å². The third-order valence-corrected chi connectivity index (χ3v) is 5.56. The molecular weight excluding hydrogens is 352 g/mol. The van der Waals surface area contributed by atoms with E-state index in [4.69, 9.17) is 0 Å². The van der Waals surface area contributed by atoms with E-state index in [-0.39, 0.29) is 11.9 Å². The Bertz CT molecular complexity index is 1150. The van der Waals surface area contributed by atoms with Crippen molar-refractivity contribution < 1.29 is 4.79 Å². The fourth-order valence-electron chi connectivity index (χ4n) is 3.88. The molecule has 0 saturated carbocycles. The van der Waals surface area contributed by atoms with Crippen molar-refractivity contribution in [1.29, 1.82) is 0 Å². The van der Waals surface area contributed by atoms with E-state index in [2.05, 4.69) is 38.4 Å². The molecule has 1 aliphatic rings. The molecule has 0 bridgehead atoms. The van der Waals surface area contributed by atoms with E-state index in [9.17, 15) is 4.79 Å². The monoisotopic (exact) mass is 374 g/mol. The molecule has 1 aliphatic heterocycles. The number of hydrogen-bond donors (Lipinski definition) is 2. The number of likely N-dealkylation sites (tertiary alicyclic amines) is 1. The molecule has 4 aromatic heterocycles. The number of nitrogens with one attached hydrogen (secondary N) is 2. The Kier molecular flexibility index (Phi) is 4.09. The van der Waals surface area contributed by atoms with Crippen LogP contribution in [0.5, 0.6) is 0 Å². The van der Waals surface area contributed by atoms with E-state index < -0.39 is 0 Å². The zero-order valence-corrected chi connectivity index (χ0v) is 15.7. The molecule has 142 valence electrons. The maximum atomic E-state index is 12.8. The number of aromatic nitrogens is 4. The number of fused-ring (bicyclic) bond motifs is 2. The summed E-state index contributed by atoms with van der Waals surface area (Å²) in [7, 11) is 2.12. The minimum Gasteiger partial charge on any atom is -0.349 e. The molecule has 5 rings (SSSR count). The highest BCUT2D eigenvalue weighted by molar-refractivity contribution is 6.01. The summed E-state index contributed by atoms with van der Waals surface area (Å²) in [5.41, 5.74) is 4.49. The van der Waals surface area contributed by atoms with Crippen LogP contribution in [0, 0.1) is 0 Å². The first-order valence-electron chi connectivity index (χ1n) is 9.58. The van der Waals surface area contributed by atoms with Crippen molar-refractivity contribution in [3.63, 3.8) is 0 Å². The number of amides is 1. The number of carbonyl (C=O) groups is 1. The number of H-pyrrole nitrogens is 1. The predicted octanol–water partition coefficient (Wildman–Crippen LogP) is 2.70. The fraction of sp³-hybridized carbons (Fsp3) is 0.286. The van der Waals surface area contributed by atoms with Gasteiger partial charge in [-0.15, -0.1) is 0 Å². The van der Waals surface area contributed by atoms with Crippen LogP contribution in [0.1, 0.15) is 23.2 Å². The van der Waals surface area contributed by atoms with Crippen molar-refractivity contribution >= 4 is 22.5 Å². The summed E-state index contributed by atoms with van der Waals surface area (Å²) in [5.74, 6) is -0.0534. The van der Waals surface area contributed by atoms with Gasteiger partial charge in [-0.3, -0.25) is 4.79 Å². The largest absolute Gasteiger partial charge is 0.349 e. The van der Waals surface area contributed by atoms with Crippen molar-refractivity contribution in [2.24, 2.45) is 0 Å². The Hall–Kier alpha value is -3.19. The second-order valence-electron chi connectivity index (χ2n) is 7.49. The molecule has 1 fully saturated rings. The Balaban J connectivity index is 1.45. The summed E-state index contributed by atoms with van der Waals surface area (Å²) in [6, 6.07) is 8.24. The maximum absolute atomic E-state index is 12.8. The number of nitrogens with zero attached hydrogens (tertiary/aromatic N) is 4. The van der Waals surface area contributed by atoms with Gasteiger partial charge in [-0.25, -0.2) is 9.50 Å². The zero-order chi connectivity index (χ0) is 19.1. The zero-order valence-electron chi connectivity index (χ0n) is 15.7. The molecule has 1 saturated heterocycles. The molecule has 7 heteroatoms. The molecule has 2 N–H and O–H groups in total. The van der Waals surface area contributed by atoms with Gasteiger partial charge < -0.3 is 15.2 Å². The molecule has 0 unspecified atom stereocenters. The van der Waals surface area contributed by atoms with E-state index in [1.54, 1.807) is 12.4 Å². The van der Waals surface area contributed by atoms with Gasteiger partial charge in [-0.2, -0.15) is 5.10 Å². The second kappa shape index (κ2) is 6.76. The van der Waals surface area contributed by atoms with Gasteiger partial charge in [0, 0.05) is 41.8 Å². The van der Waals surface area contributed by atoms with Gasteiger partial charge in [0.15, 0.2) is 0 Å². The van der Waals surface area contributed by atoms with Crippen LogP contribution in [0.25, 0.3) is 27.7 Å². The average Bonchev–Trinajstić information content (AvgIpc) is 3.35. The highest BCUT2D eigenvalue weighted by Crippen LogP contribution is 2.29. The van der Waals surface area contributed by atoms with E-state index in [0.717, 1.165) is 53.6 Å². The highest BCUT2D eigenvalue weighted by atomic mass is 16.1. The normalized spacial score (nSPS) is 16.0. The lowest BCUT2D eigenvalue weighted by molar-refractivity contribution is 0.0916. The number of carbonyl (C=O) groups excluding carboxylic acids is 1. The molecule has 0 radical (unpaired) electrons. The summed E-state index contributed by atoms with van der Waals surface area (Å²) < 4.78 is 1.83. The fourth-order valence-corrected chi connectivity index (χ4v) is 3.88. The first-order chi connectivity index (χ1) is 13.7. The quantitative estimate of drug-likeness (QED) is 0.578. The molecule has 0 aromatic carbocycles. The molecule has 0 aliphatic carbocycles. The van der Waals surface area contributed by atoms with Crippen molar-refractivity contribution in [1.82, 2.24) is 29.8 Å². The minimum atomic E-state index is -0.0534. The third kappa shape index (κ3) is 3.03. The summed E-state index contributed by atoms with van der Waals surface area (Å²) in [4.78, 5) is 22.7. The molecule has 1 amide bonds. The first kappa shape index (κ1) is 16.9. The number of piperidine rings is 1. The molecule has 7 nitrogen and oxygen atoms in total. The van der Waals surface area contributed by atoms with Gasteiger partial charge in [0.2, 0.25) is 0 Å². The van der Waals surface area contributed by atoms with Gasteiger partial charge in [0.1, 0.15) is 5.65 Å². The second-order valence-corrected chi connectivity index (χ2v) is 7.49. The molecule has 0 spiro atoms. The maximum Gasteiger partial charge on any atom is 0.253 e. The minimum absolute atomic E-state index is 0.0534. The van der Waals surface area contributed by atoms with Crippen LogP contribution in [0.3, 0.4) is 0 Å². The van der Waals surface area contributed by atoms with E-state index >= 15 is 0 Å². The van der Waals surface area contributed by atoms with Gasteiger partial charge in [-0.05, 0) is 62.8 Å². The Morgan fingerprint density at radius 3 is 2.96 bits per heavy atom. The van der Waals surface area contributed by atoms with Crippen molar-refractivity contribution in [2.45, 2.75) is 18.9 Å². The molecule has 0 atom stereocenters. The topological polar surface area (TPSA) is 78.3 Å². The number of hydrogen-bond acceptors (Lipinski definition) is 4. The smallest absolute Gasteiger partial charge is 0.253 e. The number of pyridine rings is 2. The van der Waals surface area contributed by atoms with Crippen LogP contribution in [0.15, 0.2) is 49.1 Å².